The molecule has 1 aromatic carbocycles. The Morgan fingerprint density at radius 3 is 3.00 bits per heavy atom. The van der Waals surface area contributed by atoms with E-state index in [0.717, 1.165) is 30.6 Å². The van der Waals surface area contributed by atoms with Crippen LogP contribution in [-0.2, 0) is 16.4 Å². The second-order valence-corrected chi connectivity index (χ2v) is 7.80. The Bertz CT molecular complexity index is 630. The molecule has 0 bridgehead atoms. The summed E-state index contributed by atoms with van der Waals surface area (Å²) in [5, 5.41) is 0. The molecule has 2 N–H and O–H groups in total. The van der Waals surface area contributed by atoms with E-state index in [9.17, 15) is 8.42 Å². The highest BCUT2D eigenvalue weighted by Crippen LogP contribution is 2.32. The zero-order valence-electron chi connectivity index (χ0n) is 12.3. The molecule has 0 aliphatic carbocycles. The van der Waals surface area contributed by atoms with Crippen LogP contribution < -0.4 is 10.5 Å². The molecule has 1 fully saturated rings. The quantitative estimate of drug-likeness (QED) is 0.915. The fourth-order valence-corrected chi connectivity index (χ4v) is 5.14. The molecule has 0 saturated carbocycles. The van der Waals surface area contributed by atoms with Gasteiger partial charge in [-0.15, -0.1) is 0 Å². The lowest BCUT2D eigenvalue weighted by molar-refractivity contribution is 0.192. The molecule has 1 aromatic rings. The Balaban J connectivity index is 1.95. The molecule has 2 unspecified atom stereocenters. The molecule has 1 saturated heterocycles. The third-order valence-corrected chi connectivity index (χ3v) is 6.49. The normalized spacial score (nSPS) is 26.4. The van der Waals surface area contributed by atoms with Crippen molar-refractivity contribution >= 4 is 10.0 Å². The van der Waals surface area contributed by atoms with Crippen molar-refractivity contribution in [1.82, 2.24) is 4.31 Å². The van der Waals surface area contributed by atoms with Crippen LogP contribution in [0.5, 0.6) is 5.75 Å². The zero-order chi connectivity index (χ0) is 15.0. The fraction of sp³-hybridized carbons (Fsp3) is 0.600. The van der Waals surface area contributed by atoms with E-state index in [2.05, 4.69) is 6.92 Å². The number of rotatable bonds is 3. The van der Waals surface area contributed by atoms with Gasteiger partial charge in [0.1, 0.15) is 5.75 Å². The van der Waals surface area contributed by atoms with Gasteiger partial charge in [-0.2, -0.15) is 4.31 Å². The number of benzene rings is 1. The van der Waals surface area contributed by atoms with Crippen LogP contribution in [0, 0.1) is 5.92 Å². The van der Waals surface area contributed by atoms with Crippen molar-refractivity contribution in [1.29, 1.82) is 0 Å². The second-order valence-electron chi connectivity index (χ2n) is 5.91. The molecule has 6 heteroatoms. The summed E-state index contributed by atoms with van der Waals surface area (Å²) in [6.07, 6.45) is 2.70. The first-order valence-electron chi connectivity index (χ1n) is 7.51. The van der Waals surface area contributed by atoms with E-state index in [-0.39, 0.29) is 6.04 Å². The van der Waals surface area contributed by atoms with Crippen molar-refractivity contribution in [2.45, 2.75) is 37.1 Å². The molecule has 0 aromatic heterocycles. The van der Waals surface area contributed by atoms with Crippen molar-refractivity contribution in [2.75, 3.05) is 19.7 Å². The van der Waals surface area contributed by atoms with Gasteiger partial charge in [-0.1, -0.05) is 6.92 Å². The van der Waals surface area contributed by atoms with Crippen LogP contribution in [0.4, 0.5) is 0 Å². The predicted molar refractivity (Wildman–Crippen MR) is 80.8 cm³/mol. The van der Waals surface area contributed by atoms with E-state index >= 15 is 0 Å². The highest BCUT2D eigenvalue weighted by Gasteiger charge is 2.36. The van der Waals surface area contributed by atoms with Gasteiger partial charge in [-0.05, 0) is 42.5 Å². The number of ether oxygens (including phenoxy) is 1. The molecule has 0 spiro atoms. The van der Waals surface area contributed by atoms with Gasteiger partial charge < -0.3 is 10.5 Å². The summed E-state index contributed by atoms with van der Waals surface area (Å²) in [4.78, 5) is 0.360. The van der Waals surface area contributed by atoms with E-state index in [0.29, 0.717) is 30.5 Å². The van der Waals surface area contributed by atoms with Gasteiger partial charge in [0.15, 0.2) is 0 Å². The lowest BCUT2D eigenvalue weighted by atomic mass is 9.93. The van der Waals surface area contributed by atoms with Gasteiger partial charge in [0.05, 0.1) is 11.5 Å². The number of nitrogens with two attached hydrogens (primary N) is 1. The van der Waals surface area contributed by atoms with Gasteiger partial charge in [-0.3, -0.25) is 0 Å². The minimum absolute atomic E-state index is 0.103. The van der Waals surface area contributed by atoms with E-state index in [1.165, 1.54) is 0 Å². The Morgan fingerprint density at radius 2 is 2.24 bits per heavy atom. The first-order valence-corrected chi connectivity index (χ1v) is 8.95. The third kappa shape index (κ3) is 2.56. The van der Waals surface area contributed by atoms with Crippen molar-refractivity contribution < 1.29 is 13.2 Å². The first kappa shape index (κ1) is 14.8. The number of nitrogens with zero attached hydrogens (tertiary/aromatic N) is 1. The molecular formula is C15H22N2O3S. The molecule has 2 aliphatic heterocycles. The van der Waals surface area contributed by atoms with Gasteiger partial charge in [0.2, 0.25) is 10.0 Å². The highest BCUT2D eigenvalue weighted by molar-refractivity contribution is 7.89. The van der Waals surface area contributed by atoms with Crippen molar-refractivity contribution in [3.63, 3.8) is 0 Å². The van der Waals surface area contributed by atoms with Crippen LogP contribution in [-0.4, -0.2) is 38.5 Å². The van der Waals surface area contributed by atoms with E-state index in [1.807, 2.05) is 0 Å². The smallest absolute Gasteiger partial charge is 0.243 e. The van der Waals surface area contributed by atoms with Crippen LogP contribution in [0.3, 0.4) is 0 Å². The Hall–Kier alpha value is -1.11. The largest absolute Gasteiger partial charge is 0.493 e. The zero-order valence-corrected chi connectivity index (χ0v) is 13.1. The van der Waals surface area contributed by atoms with Gasteiger partial charge in [0, 0.05) is 25.6 Å². The summed E-state index contributed by atoms with van der Waals surface area (Å²) >= 11 is 0. The minimum Gasteiger partial charge on any atom is -0.493 e. The number of fused-ring (bicyclic) bond motifs is 1. The summed E-state index contributed by atoms with van der Waals surface area (Å²) in [6, 6.07) is 5.06. The average Bonchev–Trinajstić information content (AvgIpc) is 2.94. The monoisotopic (exact) mass is 310 g/mol. The topological polar surface area (TPSA) is 72.6 Å². The van der Waals surface area contributed by atoms with Crippen molar-refractivity contribution in [2.24, 2.45) is 11.7 Å². The van der Waals surface area contributed by atoms with Crippen LogP contribution in [0.25, 0.3) is 0 Å². The lowest BCUT2D eigenvalue weighted by Crippen LogP contribution is -2.51. The maximum Gasteiger partial charge on any atom is 0.243 e. The summed E-state index contributed by atoms with van der Waals surface area (Å²) in [7, 11) is -3.48. The summed E-state index contributed by atoms with van der Waals surface area (Å²) in [5.74, 6) is 1.10. The third-order valence-electron chi connectivity index (χ3n) is 4.57. The van der Waals surface area contributed by atoms with Crippen LogP contribution in [0.2, 0.25) is 0 Å². The Kier molecular flexibility index (Phi) is 3.94. The van der Waals surface area contributed by atoms with E-state index in [4.69, 9.17) is 10.5 Å². The molecule has 0 amide bonds. The van der Waals surface area contributed by atoms with Gasteiger partial charge >= 0.3 is 0 Å². The molecule has 2 atom stereocenters. The summed E-state index contributed by atoms with van der Waals surface area (Å²) < 4.78 is 32.9. The van der Waals surface area contributed by atoms with Crippen molar-refractivity contribution in [3.05, 3.63) is 23.8 Å². The standard InChI is InChI=1S/C15H22N2O3S/c1-11-3-2-7-17(14(11)10-16)21(18,19)13-4-5-15-12(9-13)6-8-20-15/h4-5,9,11,14H,2-3,6-8,10,16H2,1H3. The summed E-state index contributed by atoms with van der Waals surface area (Å²) in [5.41, 5.74) is 6.80. The number of piperidine rings is 1. The average molecular weight is 310 g/mol. The minimum atomic E-state index is -3.48. The molecule has 2 aliphatic rings. The molecule has 3 rings (SSSR count). The van der Waals surface area contributed by atoms with Gasteiger partial charge in [0.25, 0.3) is 0 Å². The highest BCUT2D eigenvalue weighted by atomic mass is 32.2. The maximum atomic E-state index is 12.9. The Labute approximate surface area is 126 Å². The Morgan fingerprint density at radius 1 is 1.43 bits per heavy atom. The molecular weight excluding hydrogens is 288 g/mol. The van der Waals surface area contributed by atoms with Gasteiger partial charge in [-0.25, -0.2) is 8.42 Å². The fourth-order valence-electron chi connectivity index (χ4n) is 3.32. The molecule has 5 nitrogen and oxygen atoms in total. The number of hydrogen-bond donors (Lipinski definition) is 1. The number of hydrogen-bond acceptors (Lipinski definition) is 4. The molecule has 116 valence electrons. The van der Waals surface area contributed by atoms with Crippen LogP contribution in [0.15, 0.2) is 23.1 Å². The summed E-state index contributed by atoms with van der Waals surface area (Å²) in [6.45, 7) is 3.64. The van der Waals surface area contributed by atoms with E-state index in [1.54, 1.807) is 22.5 Å². The van der Waals surface area contributed by atoms with E-state index < -0.39 is 10.0 Å². The number of sulfonamides is 1. The SMILES string of the molecule is CC1CCCN(S(=O)(=O)c2ccc3c(c2)CCO3)C1CN. The predicted octanol–water partition coefficient (Wildman–Crippen LogP) is 1.37. The van der Waals surface area contributed by atoms with Crippen LogP contribution >= 0.6 is 0 Å². The molecule has 2 heterocycles. The van der Waals surface area contributed by atoms with Crippen LogP contribution in [0.1, 0.15) is 25.3 Å². The lowest BCUT2D eigenvalue weighted by Gasteiger charge is -2.38. The first-order chi connectivity index (χ1) is 10.0. The second kappa shape index (κ2) is 5.59. The molecule has 21 heavy (non-hydrogen) atoms. The van der Waals surface area contributed by atoms with Crippen molar-refractivity contribution in [3.8, 4) is 5.75 Å². The maximum absolute atomic E-state index is 12.9. The molecule has 0 radical (unpaired) electrons.